The molecule has 0 bridgehead atoms. The van der Waals surface area contributed by atoms with Crippen molar-refractivity contribution in [3.05, 3.63) is 57.5 Å². The SMILES string of the molecule is O=C(Nc1ccc(S(=O)(=O)Cl)c(Cl)c1)c1ccccc1Br. The molecule has 0 unspecified atom stereocenters. The fraction of sp³-hybridized carbons (Fsp3) is 0. The third-order valence-electron chi connectivity index (χ3n) is 2.57. The number of amides is 1. The van der Waals surface area contributed by atoms with Crippen molar-refractivity contribution in [2.24, 2.45) is 0 Å². The Morgan fingerprint density at radius 3 is 2.38 bits per heavy atom. The van der Waals surface area contributed by atoms with E-state index in [1.54, 1.807) is 24.3 Å². The van der Waals surface area contributed by atoms with Crippen molar-refractivity contribution in [2.45, 2.75) is 4.90 Å². The van der Waals surface area contributed by atoms with Gasteiger partial charge in [0.15, 0.2) is 0 Å². The number of nitrogens with one attached hydrogen (secondary N) is 1. The smallest absolute Gasteiger partial charge is 0.262 e. The zero-order valence-corrected chi connectivity index (χ0v) is 14.2. The maximum absolute atomic E-state index is 12.1. The topological polar surface area (TPSA) is 63.2 Å². The van der Waals surface area contributed by atoms with Crippen molar-refractivity contribution in [2.75, 3.05) is 5.32 Å². The molecule has 1 amide bonds. The average molecular weight is 409 g/mol. The van der Waals surface area contributed by atoms with E-state index in [9.17, 15) is 13.2 Å². The van der Waals surface area contributed by atoms with E-state index in [2.05, 4.69) is 21.2 Å². The Morgan fingerprint density at radius 1 is 1.14 bits per heavy atom. The minimum atomic E-state index is -3.92. The van der Waals surface area contributed by atoms with Crippen LogP contribution in [0.5, 0.6) is 0 Å². The van der Waals surface area contributed by atoms with Gasteiger partial charge in [0.2, 0.25) is 0 Å². The predicted octanol–water partition coefficient (Wildman–Crippen LogP) is 4.28. The number of hydrogen-bond acceptors (Lipinski definition) is 3. The Labute approximate surface area is 139 Å². The van der Waals surface area contributed by atoms with Crippen LogP contribution in [-0.2, 0) is 9.05 Å². The van der Waals surface area contributed by atoms with Gasteiger partial charge in [-0.3, -0.25) is 4.79 Å². The molecule has 0 aliphatic rings. The fourth-order valence-electron chi connectivity index (χ4n) is 1.62. The largest absolute Gasteiger partial charge is 0.322 e. The highest BCUT2D eigenvalue weighted by atomic mass is 79.9. The Hall–Kier alpha value is -1.08. The average Bonchev–Trinajstić information content (AvgIpc) is 2.37. The molecule has 0 saturated heterocycles. The van der Waals surface area contributed by atoms with E-state index in [4.69, 9.17) is 22.3 Å². The Bertz CT molecular complexity index is 809. The van der Waals surface area contributed by atoms with E-state index in [1.807, 2.05) is 0 Å². The Kier molecular flexibility index (Phi) is 4.93. The molecule has 1 N–H and O–H groups in total. The molecule has 4 nitrogen and oxygen atoms in total. The number of benzene rings is 2. The first-order valence-electron chi connectivity index (χ1n) is 5.59. The van der Waals surface area contributed by atoms with Crippen LogP contribution >= 0.6 is 38.2 Å². The van der Waals surface area contributed by atoms with Crippen LogP contribution in [0.1, 0.15) is 10.4 Å². The molecular formula is C13H8BrCl2NO3S. The Balaban J connectivity index is 2.27. The van der Waals surface area contributed by atoms with Gasteiger partial charge >= 0.3 is 0 Å². The number of halogens is 3. The van der Waals surface area contributed by atoms with Crippen LogP contribution in [0.25, 0.3) is 0 Å². The summed E-state index contributed by atoms with van der Waals surface area (Å²) in [6, 6.07) is 10.9. The molecule has 0 fully saturated rings. The van der Waals surface area contributed by atoms with Crippen molar-refractivity contribution < 1.29 is 13.2 Å². The summed E-state index contributed by atoms with van der Waals surface area (Å²) in [6.07, 6.45) is 0. The van der Waals surface area contributed by atoms with Crippen molar-refractivity contribution in [3.63, 3.8) is 0 Å². The van der Waals surface area contributed by atoms with Gasteiger partial charge in [0.05, 0.1) is 10.6 Å². The lowest BCUT2D eigenvalue weighted by Crippen LogP contribution is -2.12. The molecule has 2 aromatic carbocycles. The third kappa shape index (κ3) is 3.97. The van der Waals surface area contributed by atoms with Gasteiger partial charge in [0.1, 0.15) is 4.90 Å². The zero-order valence-electron chi connectivity index (χ0n) is 10.3. The standard InChI is InChI=1S/C13H8BrCl2NO3S/c14-10-4-2-1-3-9(10)13(18)17-8-5-6-12(11(15)7-8)21(16,19)20/h1-7H,(H,17,18). The highest BCUT2D eigenvalue weighted by Gasteiger charge is 2.16. The van der Waals surface area contributed by atoms with E-state index >= 15 is 0 Å². The van der Waals surface area contributed by atoms with Crippen LogP contribution in [0.3, 0.4) is 0 Å². The van der Waals surface area contributed by atoms with Gasteiger partial charge in [-0.25, -0.2) is 8.42 Å². The molecule has 0 heterocycles. The first kappa shape index (κ1) is 16.3. The minimum Gasteiger partial charge on any atom is -0.322 e. The van der Waals surface area contributed by atoms with Crippen LogP contribution in [-0.4, -0.2) is 14.3 Å². The van der Waals surface area contributed by atoms with Gasteiger partial charge in [-0.05, 0) is 46.3 Å². The number of hydrogen-bond donors (Lipinski definition) is 1. The number of anilines is 1. The highest BCUT2D eigenvalue weighted by molar-refractivity contribution is 9.10. The summed E-state index contributed by atoms with van der Waals surface area (Å²) in [6.45, 7) is 0. The summed E-state index contributed by atoms with van der Waals surface area (Å²) in [5.41, 5.74) is 0.812. The summed E-state index contributed by atoms with van der Waals surface area (Å²) in [5, 5.41) is 2.57. The molecule has 0 atom stereocenters. The second-order valence-electron chi connectivity index (χ2n) is 4.02. The summed E-state index contributed by atoms with van der Waals surface area (Å²) in [7, 11) is 1.32. The van der Waals surface area contributed by atoms with E-state index < -0.39 is 9.05 Å². The molecule has 0 aliphatic carbocycles. The molecule has 0 radical (unpaired) electrons. The third-order valence-corrected chi connectivity index (χ3v) is 5.07. The van der Waals surface area contributed by atoms with Gasteiger partial charge in [-0.15, -0.1) is 0 Å². The second-order valence-corrected chi connectivity index (χ2v) is 7.81. The summed E-state index contributed by atoms with van der Waals surface area (Å²) < 4.78 is 23.1. The van der Waals surface area contributed by atoms with E-state index in [0.29, 0.717) is 15.7 Å². The van der Waals surface area contributed by atoms with Crippen molar-refractivity contribution in [1.29, 1.82) is 0 Å². The van der Waals surface area contributed by atoms with E-state index in [1.165, 1.54) is 18.2 Å². The quantitative estimate of drug-likeness (QED) is 0.770. The predicted molar refractivity (Wildman–Crippen MR) is 86.6 cm³/mol. The summed E-state index contributed by atoms with van der Waals surface area (Å²) in [5.74, 6) is -0.347. The van der Waals surface area contributed by atoms with Crippen molar-refractivity contribution >= 4 is 58.9 Å². The molecule has 0 spiro atoms. The van der Waals surface area contributed by atoms with E-state index in [-0.39, 0.29) is 15.8 Å². The lowest BCUT2D eigenvalue weighted by atomic mass is 10.2. The monoisotopic (exact) mass is 407 g/mol. The first-order chi connectivity index (χ1) is 9.79. The molecule has 0 aliphatic heterocycles. The van der Waals surface area contributed by atoms with Gasteiger partial charge in [0, 0.05) is 20.8 Å². The first-order valence-corrected chi connectivity index (χ1v) is 9.07. The molecule has 0 saturated carbocycles. The fourth-order valence-corrected chi connectivity index (χ4v) is 3.61. The van der Waals surface area contributed by atoms with Crippen LogP contribution in [0.15, 0.2) is 51.8 Å². The number of rotatable bonds is 3. The Morgan fingerprint density at radius 2 is 1.81 bits per heavy atom. The molecular weight excluding hydrogens is 401 g/mol. The summed E-state index contributed by atoms with van der Waals surface area (Å²) >= 11 is 9.13. The molecule has 110 valence electrons. The minimum absolute atomic E-state index is 0.0603. The maximum Gasteiger partial charge on any atom is 0.262 e. The molecule has 2 aromatic rings. The zero-order chi connectivity index (χ0) is 15.6. The van der Waals surface area contributed by atoms with Crippen molar-refractivity contribution in [3.8, 4) is 0 Å². The van der Waals surface area contributed by atoms with Crippen molar-refractivity contribution in [1.82, 2.24) is 0 Å². The highest BCUT2D eigenvalue weighted by Crippen LogP contribution is 2.28. The van der Waals surface area contributed by atoms with Gasteiger partial charge in [-0.2, -0.15) is 0 Å². The second kappa shape index (κ2) is 6.36. The van der Waals surface area contributed by atoms with E-state index in [0.717, 1.165) is 0 Å². The van der Waals surface area contributed by atoms with Gasteiger partial charge < -0.3 is 5.32 Å². The normalized spacial score (nSPS) is 11.2. The lowest BCUT2D eigenvalue weighted by molar-refractivity contribution is 0.102. The van der Waals surface area contributed by atoms with Crippen LogP contribution in [0, 0.1) is 0 Å². The van der Waals surface area contributed by atoms with Gasteiger partial charge in [-0.1, -0.05) is 23.7 Å². The molecule has 0 aromatic heterocycles. The van der Waals surface area contributed by atoms with Crippen LogP contribution in [0.4, 0.5) is 5.69 Å². The maximum atomic E-state index is 12.1. The van der Waals surface area contributed by atoms with Crippen LogP contribution < -0.4 is 5.32 Å². The molecule has 2 rings (SSSR count). The van der Waals surface area contributed by atoms with Gasteiger partial charge in [0.25, 0.3) is 15.0 Å². The molecule has 8 heteroatoms. The number of carbonyl (C=O) groups excluding carboxylic acids is 1. The number of carbonyl (C=O) groups is 1. The molecule has 21 heavy (non-hydrogen) atoms. The summed E-state index contributed by atoms with van der Waals surface area (Å²) in [4.78, 5) is 11.9. The van der Waals surface area contributed by atoms with Crippen LogP contribution in [0.2, 0.25) is 5.02 Å². The lowest BCUT2D eigenvalue weighted by Gasteiger charge is -2.08.